The van der Waals surface area contributed by atoms with Gasteiger partial charge in [-0.1, -0.05) is 18.2 Å². The fraction of sp³-hybridized carbons (Fsp3) is 0.290. The van der Waals surface area contributed by atoms with Gasteiger partial charge < -0.3 is 14.6 Å². The number of anilines is 2. The molecule has 1 fully saturated rings. The zero-order valence-electron chi connectivity index (χ0n) is 22.4. The number of benzene rings is 2. The van der Waals surface area contributed by atoms with E-state index in [-0.39, 0.29) is 6.04 Å². The first-order valence-electron chi connectivity index (χ1n) is 13.3. The van der Waals surface area contributed by atoms with Crippen LogP contribution in [-0.4, -0.2) is 39.2 Å². The molecule has 0 radical (unpaired) electrons. The van der Waals surface area contributed by atoms with E-state index in [9.17, 15) is 4.39 Å². The van der Waals surface area contributed by atoms with Gasteiger partial charge >= 0.3 is 0 Å². The molecule has 1 saturated heterocycles. The number of halogens is 1. The predicted octanol–water partition coefficient (Wildman–Crippen LogP) is 7.08. The van der Waals surface area contributed by atoms with Crippen LogP contribution in [0.15, 0.2) is 71.6 Å². The van der Waals surface area contributed by atoms with Crippen LogP contribution in [0.4, 0.5) is 16.2 Å². The van der Waals surface area contributed by atoms with Crippen LogP contribution in [0.5, 0.6) is 0 Å². The molecule has 4 heterocycles. The van der Waals surface area contributed by atoms with Crippen molar-refractivity contribution in [2.45, 2.75) is 45.8 Å². The number of aromatic nitrogens is 4. The molecule has 7 nitrogen and oxygen atoms in total. The maximum atomic E-state index is 13.5. The van der Waals surface area contributed by atoms with Gasteiger partial charge in [-0.2, -0.15) is 0 Å². The highest BCUT2D eigenvalue weighted by molar-refractivity contribution is 5.85. The minimum absolute atomic E-state index is 0.00730. The summed E-state index contributed by atoms with van der Waals surface area (Å²) in [5.74, 6) is 2.13. The number of alkyl halides is 1. The van der Waals surface area contributed by atoms with E-state index in [1.165, 1.54) is 0 Å². The normalized spacial score (nSPS) is 15.0. The number of hydrogen-bond donors (Lipinski definition) is 1. The van der Waals surface area contributed by atoms with E-state index in [1.807, 2.05) is 50.5 Å². The van der Waals surface area contributed by atoms with Crippen molar-refractivity contribution in [3.05, 3.63) is 84.1 Å². The molecule has 0 spiro atoms. The summed E-state index contributed by atoms with van der Waals surface area (Å²) in [6.45, 7) is 7.37. The third-order valence-corrected chi connectivity index (χ3v) is 7.33. The summed E-state index contributed by atoms with van der Waals surface area (Å²) in [7, 11) is 0. The summed E-state index contributed by atoms with van der Waals surface area (Å²) in [4.78, 5) is 20.5. The van der Waals surface area contributed by atoms with E-state index >= 15 is 0 Å². The van der Waals surface area contributed by atoms with Crippen LogP contribution in [0.25, 0.3) is 33.4 Å². The molecule has 0 bridgehead atoms. The monoisotopic (exact) mass is 522 g/mol. The minimum Gasteiger partial charge on any atom is -0.464 e. The topological polar surface area (TPSA) is 80.0 Å². The fourth-order valence-corrected chi connectivity index (χ4v) is 5.08. The lowest BCUT2D eigenvalue weighted by atomic mass is 10.0. The Morgan fingerprint density at radius 1 is 0.949 bits per heavy atom. The Morgan fingerprint density at radius 2 is 1.74 bits per heavy atom. The average molecular weight is 523 g/mol. The van der Waals surface area contributed by atoms with Crippen LogP contribution in [0.1, 0.15) is 42.8 Å². The maximum Gasteiger partial charge on any atom is 0.225 e. The molecule has 8 heteroatoms. The summed E-state index contributed by atoms with van der Waals surface area (Å²) in [5.41, 5.74) is 6.96. The highest BCUT2D eigenvalue weighted by atomic mass is 19.1. The van der Waals surface area contributed by atoms with Crippen LogP contribution in [0, 0.1) is 13.8 Å². The third-order valence-electron chi connectivity index (χ3n) is 7.33. The molecular formula is C31H31FN6O. The van der Waals surface area contributed by atoms with Crippen LogP contribution < -0.4 is 10.2 Å². The molecule has 198 valence electrons. The van der Waals surface area contributed by atoms with Crippen LogP contribution in [0.2, 0.25) is 0 Å². The van der Waals surface area contributed by atoms with Crippen molar-refractivity contribution in [3.63, 3.8) is 0 Å². The van der Waals surface area contributed by atoms with Crippen molar-refractivity contribution in [1.29, 1.82) is 0 Å². The van der Waals surface area contributed by atoms with E-state index in [0.717, 1.165) is 50.3 Å². The van der Waals surface area contributed by atoms with E-state index in [4.69, 9.17) is 4.42 Å². The molecule has 0 saturated carbocycles. The standard InChI is InChI=1S/C31H31FN6O/c1-19-18-39-29-8-7-24(14-27(19)29)28-15-30(37-21(3)36-28)35-20(2)22-5-4-6-23(13-22)25-16-33-31(34-17-25)38-11-9-26(32)10-12-38/h4-8,13-18,20,26H,9-12H2,1-3H3,(H,35,36,37)/t20-/m0/s1. The Balaban J connectivity index is 1.20. The SMILES string of the molecule is Cc1nc(N[C@@H](C)c2cccc(-c3cnc(N4CCC(F)CC4)nc3)c2)cc(-c2ccc3occ(C)c3c2)n1. The van der Waals surface area contributed by atoms with Crippen molar-refractivity contribution in [3.8, 4) is 22.4 Å². The summed E-state index contributed by atoms with van der Waals surface area (Å²) in [6, 6.07) is 16.5. The van der Waals surface area contributed by atoms with Gasteiger partial charge in [0.1, 0.15) is 23.4 Å². The second-order valence-corrected chi connectivity index (χ2v) is 10.2. The minimum atomic E-state index is -0.715. The Hall–Kier alpha value is -4.33. The molecule has 0 aliphatic carbocycles. The maximum absolute atomic E-state index is 13.5. The molecule has 39 heavy (non-hydrogen) atoms. The lowest BCUT2D eigenvalue weighted by Gasteiger charge is -2.28. The Labute approximate surface area is 227 Å². The van der Waals surface area contributed by atoms with Crippen LogP contribution in [0.3, 0.4) is 0 Å². The van der Waals surface area contributed by atoms with Gasteiger partial charge in [0.15, 0.2) is 0 Å². The van der Waals surface area contributed by atoms with Crippen molar-refractivity contribution in [2.75, 3.05) is 23.3 Å². The van der Waals surface area contributed by atoms with Crippen LogP contribution in [-0.2, 0) is 0 Å². The molecule has 0 amide bonds. The number of hydrogen-bond acceptors (Lipinski definition) is 7. The molecular weight excluding hydrogens is 491 g/mol. The van der Waals surface area contributed by atoms with Gasteiger partial charge in [-0.3, -0.25) is 0 Å². The quantitative estimate of drug-likeness (QED) is 0.255. The molecule has 0 unspecified atom stereocenters. The van der Waals surface area contributed by atoms with Crippen LogP contribution >= 0.6 is 0 Å². The lowest BCUT2D eigenvalue weighted by Crippen LogP contribution is -2.35. The second kappa shape index (κ2) is 10.4. The first kappa shape index (κ1) is 25.0. The van der Waals surface area contributed by atoms with E-state index in [2.05, 4.69) is 61.3 Å². The van der Waals surface area contributed by atoms with Gasteiger partial charge in [-0.05, 0) is 74.6 Å². The molecule has 1 N–H and O–H groups in total. The predicted molar refractivity (Wildman–Crippen MR) is 153 cm³/mol. The average Bonchev–Trinajstić information content (AvgIpc) is 3.33. The number of nitrogens with one attached hydrogen (secondary N) is 1. The first-order valence-corrected chi connectivity index (χ1v) is 13.3. The lowest BCUT2D eigenvalue weighted by molar-refractivity contribution is 0.276. The molecule has 1 aliphatic rings. The molecule has 1 atom stereocenters. The van der Waals surface area contributed by atoms with Gasteiger partial charge in [-0.25, -0.2) is 24.3 Å². The van der Waals surface area contributed by atoms with E-state index in [0.29, 0.717) is 37.7 Å². The van der Waals surface area contributed by atoms with Crippen molar-refractivity contribution >= 4 is 22.7 Å². The van der Waals surface area contributed by atoms with Gasteiger partial charge in [0, 0.05) is 54.1 Å². The number of fused-ring (bicyclic) bond motifs is 1. The van der Waals surface area contributed by atoms with Crippen molar-refractivity contribution in [2.24, 2.45) is 0 Å². The van der Waals surface area contributed by atoms with E-state index in [1.54, 1.807) is 6.26 Å². The number of nitrogens with zero attached hydrogens (tertiary/aromatic N) is 5. The smallest absolute Gasteiger partial charge is 0.225 e. The zero-order valence-corrected chi connectivity index (χ0v) is 22.4. The Morgan fingerprint density at radius 3 is 2.54 bits per heavy atom. The number of piperidine rings is 1. The largest absolute Gasteiger partial charge is 0.464 e. The summed E-state index contributed by atoms with van der Waals surface area (Å²) in [6.07, 6.45) is 5.82. The molecule has 1 aliphatic heterocycles. The Kier molecular flexibility index (Phi) is 6.69. The van der Waals surface area contributed by atoms with Gasteiger partial charge in [0.25, 0.3) is 0 Å². The molecule has 2 aromatic carbocycles. The molecule has 3 aromatic heterocycles. The van der Waals surface area contributed by atoms with Gasteiger partial charge in [-0.15, -0.1) is 0 Å². The summed E-state index contributed by atoms with van der Waals surface area (Å²) in [5, 5.41) is 4.64. The number of rotatable bonds is 6. The fourth-order valence-electron chi connectivity index (χ4n) is 5.08. The second-order valence-electron chi connectivity index (χ2n) is 10.2. The molecule has 6 rings (SSSR count). The van der Waals surface area contributed by atoms with Gasteiger partial charge in [0.05, 0.1) is 12.0 Å². The third kappa shape index (κ3) is 5.32. The zero-order chi connectivity index (χ0) is 26.9. The number of furan rings is 1. The Bertz CT molecular complexity index is 1610. The summed E-state index contributed by atoms with van der Waals surface area (Å²) < 4.78 is 19.1. The van der Waals surface area contributed by atoms with Crippen molar-refractivity contribution < 1.29 is 8.81 Å². The summed E-state index contributed by atoms with van der Waals surface area (Å²) >= 11 is 0. The van der Waals surface area contributed by atoms with Crippen molar-refractivity contribution in [1.82, 2.24) is 19.9 Å². The first-order chi connectivity index (χ1) is 18.9. The highest BCUT2D eigenvalue weighted by Gasteiger charge is 2.20. The highest BCUT2D eigenvalue weighted by Crippen LogP contribution is 2.29. The van der Waals surface area contributed by atoms with E-state index < -0.39 is 6.17 Å². The number of aryl methyl sites for hydroxylation is 2. The van der Waals surface area contributed by atoms with Gasteiger partial charge in [0.2, 0.25) is 5.95 Å². The molecule has 5 aromatic rings.